The topological polar surface area (TPSA) is 78.7 Å². The van der Waals surface area contributed by atoms with Crippen molar-refractivity contribution in [3.8, 4) is 0 Å². The highest BCUT2D eigenvalue weighted by Gasteiger charge is 2.24. The number of nitro benzene ring substituents is 1. The van der Waals surface area contributed by atoms with E-state index in [-0.39, 0.29) is 16.5 Å². The van der Waals surface area contributed by atoms with Gasteiger partial charge in [0, 0.05) is 50.9 Å². The molecule has 1 N–H and O–H groups in total. The van der Waals surface area contributed by atoms with Crippen molar-refractivity contribution in [1.29, 1.82) is 0 Å². The summed E-state index contributed by atoms with van der Waals surface area (Å²) < 4.78 is 0. The molecule has 148 valence electrons. The number of nitrogens with zero attached hydrogens (tertiary/aromatic N) is 3. The SMILES string of the molecule is C[C@H]1C[C@H](C)CN(CCNC(=O)c2ccc(N3CCCC3)c([N+](=O)[O-])c2)C1. The lowest BCUT2D eigenvalue weighted by atomic mass is 9.92. The molecule has 0 spiro atoms. The summed E-state index contributed by atoms with van der Waals surface area (Å²) in [6.07, 6.45) is 3.36. The van der Waals surface area contributed by atoms with Gasteiger partial charge in [0.25, 0.3) is 11.6 Å². The minimum atomic E-state index is -0.388. The lowest BCUT2D eigenvalue weighted by Gasteiger charge is -2.34. The standard InChI is InChI=1S/C20H30N4O3/c1-15-11-16(2)14-22(13-15)10-7-21-20(25)17-5-6-18(19(12-17)24(26)27)23-8-3-4-9-23/h5-6,12,15-16H,3-4,7-11,13-14H2,1-2H3,(H,21,25)/t15-,16-/m0/s1. The van der Waals surface area contributed by atoms with Gasteiger partial charge in [-0.25, -0.2) is 0 Å². The van der Waals surface area contributed by atoms with E-state index in [0.717, 1.165) is 45.6 Å². The van der Waals surface area contributed by atoms with E-state index in [0.29, 0.717) is 29.6 Å². The maximum Gasteiger partial charge on any atom is 0.293 e. The number of hydrogen-bond acceptors (Lipinski definition) is 5. The molecule has 2 atom stereocenters. The van der Waals surface area contributed by atoms with Crippen LogP contribution in [-0.2, 0) is 0 Å². The number of rotatable bonds is 6. The molecular formula is C20H30N4O3. The van der Waals surface area contributed by atoms with Crippen molar-refractivity contribution in [2.75, 3.05) is 44.2 Å². The van der Waals surface area contributed by atoms with Crippen LogP contribution in [0.2, 0.25) is 0 Å². The molecule has 2 aliphatic heterocycles. The number of carbonyl (C=O) groups excluding carboxylic acids is 1. The molecule has 2 aliphatic rings. The molecule has 1 aromatic rings. The lowest BCUT2D eigenvalue weighted by Crippen LogP contribution is -2.42. The van der Waals surface area contributed by atoms with Crippen LogP contribution < -0.4 is 10.2 Å². The van der Waals surface area contributed by atoms with Crippen molar-refractivity contribution in [1.82, 2.24) is 10.2 Å². The summed E-state index contributed by atoms with van der Waals surface area (Å²) in [6.45, 7) is 9.70. The van der Waals surface area contributed by atoms with Crippen LogP contribution >= 0.6 is 0 Å². The molecule has 3 rings (SSSR count). The molecule has 0 radical (unpaired) electrons. The number of likely N-dealkylation sites (tertiary alicyclic amines) is 1. The third kappa shape index (κ3) is 4.97. The second-order valence-electron chi connectivity index (χ2n) is 8.12. The van der Waals surface area contributed by atoms with Crippen molar-refractivity contribution in [3.63, 3.8) is 0 Å². The molecule has 2 fully saturated rings. The van der Waals surface area contributed by atoms with Crippen LogP contribution in [0.4, 0.5) is 11.4 Å². The molecular weight excluding hydrogens is 344 g/mol. The first-order chi connectivity index (χ1) is 12.9. The predicted molar refractivity (Wildman–Crippen MR) is 106 cm³/mol. The van der Waals surface area contributed by atoms with E-state index in [1.165, 1.54) is 12.5 Å². The van der Waals surface area contributed by atoms with Crippen LogP contribution in [0, 0.1) is 22.0 Å². The highest BCUT2D eigenvalue weighted by Crippen LogP contribution is 2.31. The van der Waals surface area contributed by atoms with E-state index in [9.17, 15) is 14.9 Å². The van der Waals surface area contributed by atoms with Crippen molar-refractivity contribution >= 4 is 17.3 Å². The Balaban J connectivity index is 1.59. The number of carbonyl (C=O) groups is 1. The van der Waals surface area contributed by atoms with E-state index in [2.05, 4.69) is 24.1 Å². The van der Waals surface area contributed by atoms with Crippen LogP contribution in [0.1, 0.15) is 43.5 Å². The Labute approximate surface area is 160 Å². The second kappa shape index (κ2) is 8.69. The first-order valence-corrected chi connectivity index (χ1v) is 9.98. The Hall–Kier alpha value is -2.15. The van der Waals surface area contributed by atoms with Gasteiger partial charge in [0.1, 0.15) is 5.69 Å². The summed E-state index contributed by atoms with van der Waals surface area (Å²) >= 11 is 0. The quantitative estimate of drug-likeness (QED) is 0.612. The Kier molecular flexibility index (Phi) is 6.31. The van der Waals surface area contributed by atoms with Gasteiger partial charge in [0.15, 0.2) is 0 Å². The van der Waals surface area contributed by atoms with Crippen LogP contribution in [-0.4, -0.2) is 55.0 Å². The molecule has 27 heavy (non-hydrogen) atoms. The lowest BCUT2D eigenvalue weighted by molar-refractivity contribution is -0.384. The van der Waals surface area contributed by atoms with Gasteiger partial charge in [0.05, 0.1) is 4.92 Å². The molecule has 2 heterocycles. The Morgan fingerprint density at radius 3 is 2.52 bits per heavy atom. The minimum Gasteiger partial charge on any atom is -0.366 e. The number of hydrogen-bond donors (Lipinski definition) is 1. The summed E-state index contributed by atoms with van der Waals surface area (Å²) in [4.78, 5) is 28.0. The zero-order valence-electron chi connectivity index (χ0n) is 16.3. The summed E-state index contributed by atoms with van der Waals surface area (Å²) in [6, 6.07) is 4.82. The van der Waals surface area contributed by atoms with Gasteiger partial charge >= 0.3 is 0 Å². The number of benzene rings is 1. The summed E-state index contributed by atoms with van der Waals surface area (Å²) in [7, 11) is 0. The Morgan fingerprint density at radius 2 is 1.89 bits per heavy atom. The monoisotopic (exact) mass is 374 g/mol. The number of nitro groups is 1. The number of nitrogens with one attached hydrogen (secondary N) is 1. The fourth-order valence-corrected chi connectivity index (χ4v) is 4.44. The molecule has 0 aromatic heterocycles. The first kappa shape index (κ1) is 19.6. The predicted octanol–water partition coefficient (Wildman–Crippen LogP) is 2.90. The molecule has 0 aliphatic carbocycles. The third-order valence-electron chi connectivity index (χ3n) is 5.54. The molecule has 0 unspecified atom stereocenters. The van der Waals surface area contributed by atoms with Crippen molar-refractivity contribution in [3.05, 3.63) is 33.9 Å². The van der Waals surface area contributed by atoms with Gasteiger partial charge in [0.2, 0.25) is 0 Å². The smallest absolute Gasteiger partial charge is 0.293 e. The second-order valence-corrected chi connectivity index (χ2v) is 8.12. The minimum absolute atomic E-state index is 0.0169. The molecule has 1 amide bonds. The zero-order valence-corrected chi connectivity index (χ0v) is 16.3. The van der Waals surface area contributed by atoms with E-state index in [1.54, 1.807) is 12.1 Å². The highest BCUT2D eigenvalue weighted by molar-refractivity contribution is 5.95. The summed E-state index contributed by atoms with van der Waals surface area (Å²) in [5.41, 5.74) is 0.985. The third-order valence-corrected chi connectivity index (χ3v) is 5.54. The largest absolute Gasteiger partial charge is 0.366 e. The molecule has 1 aromatic carbocycles. The first-order valence-electron chi connectivity index (χ1n) is 9.98. The van der Waals surface area contributed by atoms with E-state index < -0.39 is 0 Å². The van der Waals surface area contributed by atoms with Gasteiger partial charge in [-0.2, -0.15) is 0 Å². The maximum absolute atomic E-state index is 12.5. The van der Waals surface area contributed by atoms with E-state index in [1.807, 2.05) is 4.90 Å². The van der Waals surface area contributed by atoms with Crippen LogP contribution in [0.15, 0.2) is 18.2 Å². The number of amides is 1. The van der Waals surface area contributed by atoms with Gasteiger partial charge < -0.3 is 15.1 Å². The normalized spacial score (nSPS) is 23.4. The Bertz CT molecular complexity index is 678. The van der Waals surface area contributed by atoms with Crippen LogP contribution in [0.25, 0.3) is 0 Å². The summed E-state index contributed by atoms with van der Waals surface area (Å²) in [5, 5.41) is 14.4. The molecule has 0 saturated carbocycles. The van der Waals surface area contributed by atoms with Crippen molar-refractivity contribution in [2.45, 2.75) is 33.1 Å². The van der Waals surface area contributed by atoms with Gasteiger partial charge in [-0.15, -0.1) is 0 Å². The summed E-state index contributed by atoms with van der Waals surface area (Å²) in [5.74, 6) is 1.12. The van der Waals surface area contributed by atoms with Gasteiger partial charge in [-0.1, -0.05) is 13.8 Å². The van der Waals surface area contributed by atoms with E-state index >= 15 is 0 Å². The van der Waals surface area contributed by atoms with Crippen LogP contribution in [0.5, 0.6) is 0 Å². The highest BCUT2D eigenvalue weighted by atomic mass is 16.6. The molecule has 7 heteroatoms. The van der Waals surface area contributed by atoms with Gasteiger partial charge in [-0.3, -0.25) is 14.9 Å². The fourth-order valence-electron chi connectivity index (χ4n) is 4.44. The van der Waals surface area contributed by atoms with Crippen molar-refractivity contribution in [2.24, 2.45) is 11.8 Å². The molecule has 0 bridgehead atoms. The molecule has 7 nitrogen and oxygen atoms in total. The maximum atomic E-state index is 12.5. The average Bonchev–Trinajstić information content (AvgIpc) is 3.14. The van der Waals surface area contributed by atoms with Crippen molar-refractivity contribution < 1.29 is 9.72 Å². The van der Waals surface area contributed by atoms with Crippen LogP contribution in [0.3, 0.4) is 0 Å². The number of piperidine rings is 1. The zero-order chi connectivity index (χ0) is 19.4. The fraction of sp³-hybridized carbons (Fsp3) is 0.650. The van der Waals surface area contributed by atoms with E-state index in [4.69, 9.17) is 0 Å². The molecule has 2 saturated heterocycles. The number of anilines is 1. The van der Waals surface area contributed by atoms with Gasteiger partial charge in [-0.05, 0) is 43.2 Å². The Morgan fingerprint density at radius 1 is 1.22 bits per heavy atom. The average molecular weight is 374 g/mol.